The fraction of sp³-hybridized carbons (Fsp3) is 0.556. The van der Waals surface area contributed by atoms with Crippen molar-refractivity contribution in [1.29, 1.82) is 0 Å². The summed E-state index contributed by atoms with van der Waals surface area (Å²) in [5, 5.41) is 12.1. The van der Waals surface area contributed by atoms with Gasteiger partial charge >= 0.3 is 12.0 Å². The number of hydrogen-bond acceptors (Lipinski definition) is 3. The maximum absolute atomic E-state index is 13.2. The maximum atomic E-state index is 13.2. The van der Waals surface area contributed by atoms with E-state index in [9.17, 15) is 14.0 Å². The van der Waals surface area contributed by atoms with Crippen molar-refractivity contribution in [3.63, 3.8) is 0 Å². The van der Waals surface area contributed by atoms with Crippen molar-refractivity contribution in [2.75, 3.05) is 19.7 Å². The summed E-state index contributed by atoms with van der Waals surface area (Å²) in [6, 6.07) is 5.52. The Balaban J connectivity index is 1.66. The molecule has 2 saturated heterocycles. The highest BCUT2D eigenvalue weighted by molar-refractivity contribution is 5.76. The molecule has 25 heavy (non-hydrogen) atoms. The number of likely N-dealkylation sites (tertiary alicyclic amines) is 1. The lowest BCUT2D eigenvalue weighted by atomic mass is 9.97. The van der Waals surface area contributed by atoms with E-state index in [1.807, 2.05) is 0 Å². The molecule has 6 nitrogen and oxygen atoms in total. The Morgan fingerprint density at radius 3 is 2.44 bits per heavy atom. The Bertz CT molecular complexity index is 608. The van der Waals surface area contributed by atoms with Crippen molar-refractivity contribution in [2.24, 2.45) is 5.92 Å². The zero-order valence-corrected chi connectivity index (χ0v) is 14.0. The number of halogens is 1. The van der Waals surface area contributed by atoms with Crippen LogP contribution in [0.4, 0.5) is 9.18 Å². The van der Waals surface area contributed by atoms with Crippen LogP contribution >= 0.6 is 0 Å². The minimum absolute atomic E-state index is 0.133. The Morgan fingerprint density at radius 2 is 1.88 bits per heavy atom. The summed E-state index contributed by atoms with van der Waals surface area (Å²) in [7, 11) is 0. The van der Waals surface area contributed by atoms with Gasteiger partial charge in [-0.2, -0.15) is 0 Å². The standard InChI is InChI=1S/C18H23FN2O4/c19-14-5-3-12(4-6-14)16(15-2-1-11-25-15)20-18(24)21-9-7-13(8-10-21)17(22)23/h3-6,13,15-16H,1-2,7-11H2,(H,20,24)(H,22,23). The van der Waals surface area contributed by atoms with Crippen LogP contribution < -0.4 is 5.32 Å². The number of carboxylic acid groups (broad SMARTS) is 1. The van der Waals surface area contributed by atoms with E-state index in [4.69, 9.17) is 9.84 Å². The molecular formula is C18H23FN2O4. The molecule has 2 heterocycles. The molecular weight excluding hydrogens is 327 g/mol. The molecule has 0 saturated carbocycles. The largest absolute Gasteiger partial charge is 0.481 e. The minimum atomic E-state index is -0.802. The van der Waals surface area contributed by atoms with Crippen LogP contribution in [-0.2, 0) is 9.53 Å². The fourth-order valence-electron chi connectivity index (χ4n) is 3.48. The number of rotatable bonds is 4. The number of carbonyl (C=O) groups excluding carboxylic acids is 1. The molecule has 136 valence electrons. The molecule has 3 rings (SSSR count). The van der Waals surface area contributed by atoms with E-state index in [0.717, 1.165) is 18.4 Å². The summed E-state index contributed by atoms with van der Waals surface area (Å²) in [5.41, 5.74) is 0.807. The topological polar surface area (TPSA) is 78.9 Å². The number of aliphatic carboxylic acids is 1. The quantitative estimate of drug-likeness (QED) is 0.875. The van der Waals surface area contributed by atoms with Gasteiger partial charge < -0.3 is 20.1 Å². The van der Waals surface area contributed by atoms with Crippen LogP contribution in [0.5, 0.6) is 0 Å². The lowest BCUT2D eigenvalue weighted by Gasteiger charge is -2.33. The number of benzene rings is 1. The number of piperidine rings is 1. The van der Waals surface area contributed by atoms with E-state index in [-0.39, 0.29) is 29.9 Å². The molecule has 0 aromatic heterocycles. The zero-order valence-electron chi connectivity index (χ0n) is 14.0. The molecule has 2 unspecified atom stereocenters. The number of hydrogen-bond donors (Lipinski definition) is 2. The SMILES string of the molecule is O=C(O)C1CCN(C(=O)NC(c2ccc(F)cc2)C2CCCO2)CC1. The molecule has 2 aliphatic heterocycles. The van der Waals surface area contributed by atoms with Crippen LogP contribution in [0.1, 0.15) is 37.3 Å². The van der Waals surface area contributed by atoms with Crippen LogP contribution in [0, 0.1) is 11.7 Å². The number of nitrogens with one attached hydrogen (secondary N) is 1. The van der Waals surface area contributed by atoms with Gasteiger partial charge in [0.2, 0.25) is 0 Å². The number of carboxylic acids is 1. The van der Waals surface area contributed by atoms with Crippen molar-refractivity contribution in [3.05, 3.63) is 35.6 Å². The number of carbonyl (C=O) groups is 2. The molecule has 7 heteroatoms. The molecule has 2 aliphatic rings. The van der Waals surface area contributed by atoms with Gasteiger partial charge in [0.05, 0.1) is 18.1 Å². The Morgan fingerprint density at radius 1 is 1.20 bits per heavy atom. The molecule has 2 atom stereocenters. The Hall–Kier alpha value is -2.15. The van der Waals surface area contributed by atoms with Crippen LogP contribution in [0.15, 0.2) is 24.3 Å². The van der Waals surface area contributed by atoms with Crippen molar-refractivity contribution in [3.8, 4) is 0 Å². The van der Waals surface area contributed by atoms with Gasteiger partial charge in [0.1, 0.15) is 5.82 Å². The van der Waals surface area contributed by atoms with Crippen molar-refractivity contribution >= 4 is 12.0 Å². The summed E-state index contributed by atoms with van der Waals surface area (Å²) in [6.07, 6.45) is 2.56. The average Bonchev–Trinajstić information content (AvgIpc) is 3.15. The first-order chi connectivity index (χ1) is 12.0. The molecule has 1 aromatic carbocycles. The first-order valence-corrected chi connectivity index (χ1v) is 8.70. The first kappa shape index (κ1) is 17.7. The highest BCUT2D eigenvalue weighted by atomic mass is 19.1. The van der Waals surface area contributed by atoms with Crippen LogP contribution in [0.3, 0.4) is 0 Å². The monoisotopic (exact) mass is 350 g/mol. The Labute approximate surface area is 146 Å². The van der Waals surface area contributed by atoms with Crippen molar-refractivity contribution < 1.29 is 23.8 Å². The normalized spacial score (nSPS) is 22.6. The molecule has 1 aromatic rings. The van der Waals surface area contributed by atoms with E-state index in [1.54, 1.807) is 17.0 Å². The van der Waals surface area contributed by atoms with E-state index in [2.05, 4.69) is 5.32 Å². The van der Waals surface area contributed by atoms with Gasteiger partial charge in [-0.3, -0.25) is 4.79 Å². The van der Waals surface area contributed by atoms with E-state index < -0.39 is 5.97 Å². The number of ether oxygens (including phenoxy) is 1. The van der Waals surface area contributed by atoms with Gasteiger partial charge in [0.15, 0.2) is 0 Å². The highest BCUT2D eigenvalue weighted by Gasteiger charge is 2.32. The van der Waals surface area contributed by atoms with Gasteiger partial charge in [0.25, 0.3) is 0 Å². The molecule has 0 aliphatic carbocycles. The Kier molecular flexibility index (Phi) is 5.53. The summed E-state index contributed by atoms with van der Waals surface area (Å²) in [4.78, 5) is 25.3. The van der Waals surface area contributed by atoms with Gasteiger partial charge in [0, 0.05) is 19.7 Å². The van der Waals surface area contributed by atoms with Gasteiger partial charge in [-0.15, -0.1) is 0 Å². The second kappa shape index (κ2) is 7.82. The molecule has 0 spiro atoms. The van der Waals surface area contributed by atoms with E-state index in [0.29, 0.717) is 32.5 Å². The predicted molar refractivity (Wildman–Crippen MR) is 88.6 cm³/mol. The second-order valence-corrected chi connectivity index (χ2v) is 6.63. The van der Waals surface area contributed by atoms with Crippen LogP contribution in [-0.4, -0.2) is 47.8 Å². The predicted octanol–water partition coefficient (Wildman–Crippen LogP) is 2.55. The highest BCUT2D eigenvalue weighted by Crippen LogP contribution is 2.28. The summed E-state index contributed by atoms with van der Waals surface area (Å²) >= 11 is 0. The van der Waals surface area contributed by atoms with Gasteiger partial charge in [-0.1, -0.05) is 12.1 Å². The lowest BCUT2D eigenvalue weighted by Crippen LogP contribution is -2.48. The van der Waals surface area contributed by atoms with Crippen molar-refractivity contribution in [1.82, 2.24) is 10.2 Å². The van der Waals surface area contributed by atoms with Gasteiger partial charge in [-0.25, -0.2) is 9.18 Å². The zero-order chi connectivity index (χ0) is 17.8. The third kappa shape index (κ3) is 4.28. The molecule has 2 N–H and O–H groups in total. The van der Waals surface area contributed by atoms with Crippen LogP contribution in [0.25, 0.3) is 0 Å². The molecule has 0 bridgehead atoms. The first-order valence-electron chi connectivity index (χ1n) is 8.70. The molecule has 2 fully saturated rings. The van der Waals surface area contributed by atoms with Gasteiger partial charge in [-0.05, 0) is 43.4 Å². The second-order valence-electron chi connectivity index (χ2n) is 6.63. The minimum Gasteiger partial charge on any atom is -0.481 e. The van der Waals surface area contributed by atoms with Crippen LogP contribution in [0.2, 0.25) is 0 Å². The number of amides is 2. The summed E-state index contributed by atoms with van der Waals surface area (Å²) < 4.78 is 18.9. The summed E-state index contributed by atoms with van der Waals surface area (Å²) in [5.74, 6) is -1.50. The molecule has 2 amide bonds. The van der Waals surface area contributed by atoms with E-state index in [1.165, 1.54) is 12.1 Å². The third-order valence-electron chi connectivity index (χ3n) is 4.98. The van der Waals surface area contributed by atoms with E-state index >= 15 is 0 Å². The smallest absolute Gasteiger partial charge is 0.317 e. The number of nitrogens with zero attached hydrogens (tertiary/aromatic N) is 1. The lowest BCUT2D eigenvalue weighted by molar-refractivity contribution is -0.143. The average molecular weight is 350 g/mol. The maximum Gasteiger partial charge on any atom is 0.317 e. The fourth-order valence-corrected chi connectivity index (χ4v) is 3.48. The van der Waals surface area contributed by atoms with Crippen molar-refractivity contribution in [2.45, 2.75) is 37.8 Å². The number of urea groups is 1. The molecule has 0 radical (unpaired) electrons. The summed E-state index contributed by atoms with van der Waals surface area (Å²) in [6.45, 7) is 1.50. The third-order valence-corrected chi connectivity index (χ3v) is 4.98.